The summed E-state index contributed by atoms with van der Waals surface area (Å²) in [5.74, 6) is 0.424. The molecule has 6 heteroatoms. The number of ether oxygens (including phenoxy) is 2. The summed E-state index contributed by atoms with van der Waals surface area (Å²) in [5, 5.41) is 0. The van der Waals surface area contributed by atoms with E-state index in [-0.39, 0.29) is 11.5 Å². The number of benzene rings is 2. The molecule has 5 nitrogen and oxygen atoms in total. The van der Waals surface area contributed by atoms with E-state index in [4.69, 9.17) is 9.47 Å². The monoisotopic (exact) mass is 384 g/mol. The molecule has 0 unspecified atom stereocenters. The van der Waals surface area contributed by atoms with Crippen molar-refractivity contribution in [1.82, 2.24) is 4.90 Å². The third kappa shape index (κ3) is 3.69. The van der Waals surface area contributed by atoms with Crippen molar-refractivity contribution >= 4 is 11.6 Å². The van der Waals surface area contributed by atoms with Crippen molar-refractivity contribution in [1.29, 1.82) is 0 Å². The first kappa shape index (κ1) is 18.7. The van der Waals surface area contributed by atoms with Gasteiger partial charge in [-0.25, -0.2) is 4.39 Å². The van der Waals surface area contributed by atoms with Crippen LogP contribution >= 0.6 is 0 Å². The molecule has 0 radical (unpaired) electrons. The minimum absolute atomic E-state index is 0.158. The predicted molar refractivity (Wildman–Crippen MR) is 106 cm³/mol. The number of carbonyl (C=O) groups excluding carboxylic acids is 1. The molecule has 148 valence electrons. The van der Waals surface area contributed by atoms with Crippen molar-refractivity contribution in [3.63, 3.8) is 0 Å². The fraction of sp³-hybridized carbons (Fsp3) is 0.409. The van der Waals surface area contributed by atoms with Gasteiger partial charge in [-0.1, -0.05) is 18.6 Å². The Labute approximate surface area is 164 Å². The molecule has 0 atom stereocenters. The van der Waals surface area contributed by atoms with Gasteiger partial charge in [0, 0.05) is 18.3 Å². The minimum Gasteiger partial charge on any atom is -0.493 e. The molecule has 0 aromatic heterocycles. The van der Waals surface area contributed by atoms with Gasteiger partial charge in [0.1, 0.15) is 12.4 Å². The Bertz CT molecular complexity index is 865. The van der Waals surface area contributed by atoms with E-state index in [0.717, 1.165) is 19.6 Å². The number of methoxy groups -OCH3 is 1. The average molecular weight is 384 g/mol. The highest BCUT2D eigenvalue weighted by molar-refractivity contribution is 6.10. The van der Waals surface area contributed by atoms with Crippen molar-refractivity contribution in [2.75, 3.05) is 38.3 Å². The van der Waals surface area contributed by atoms with Gasteiger partial charge in [0.05, 0.1) is 19.2 Å². The van der Waals surface area contributed by atoms with Gasteiger partial charge >= 0.3 is 0 Å². The number of hydrogen-bond acceptors (Lipinski definition) is 4. The van der Waals surface area contributed by atoms with Crippen LogP contribution in [0.4, 0.5) is 10.1 Å². The first-order valence-corrected chi connectivity index (χ1v) is 9.80. The molecule has 28 heavy (non-hydrogen) atoms. The molecule has 2 aromatic rings. The maximum Gasteiger partial charge on any atom is 0.261 e. The van der Waals surface area contributed by atoms with E-state index in [1.807, 2.05) is 0 Å². The van der Waals surface area contributed by atoms with Crippen LogP contribution < -0.4 is 14.4 Å². The van der Waals surface area contributed by atoms with E-state index in [9.17, 15) is 9.18 Å². The number of amides is 1. The maximum atomic E-state index is 14.1. The highest BCUT2D eigenvalue weighted by Crippen LogP contribution is 2.36. The number of anilines is 1. The molecule has 4 rings (SSSR count). The number of piperidine rings is 1. The largest absolute Gasteiger partial charge is 0.493 e. The average Bonchev–Trinajstić information content (AvgIpc) is 3.06. The summed E-state index contributed by atoms with van der Waals surface area (Å²) in [5.41, 5.74) is 1.54. The molecule has 0 saturated carbocycles. The molecule has 1 fully saturated rings. The summed E-state index contributed by atoms with van der Waals surface area (Å²) in [6.07, 6.45) is 3.79. The number of likely N-dealkylation sites (tertiary alicyclic amines) is 1. The van der Waals surface area contributed by atoms with Gasteiger partial charge in [-0.15, -0.1) is 0 Å². The Morgan fingerprint density at radius 3 is 2.64 bits per heavy atom. The zero-order valence-electron chi connectivity index (χ0n) is 16.1. The van der Waals surface area contributed by atoms with Crippen LogP contribution in [0.3, 0.4) is 0 Å². The highest BCUT2D eigenvalue weighted by Gasteiger charge is 2.31. The molecule has 1 saturated heterocycles. The first-order chi connectivity index (χ1) is 13.7. The molecule has 0 N–H and O–H groups in total. The van der Waals surface area contributed by atoms with Gasteiger partial charge in [-0.05, 0) is 49.7 Å². The van der Waals surface area contributed by atoms with Crippen molar-refractivity contribution in [2.24, 2.45) is 0 Å². The van der Waals surface area contributed by atoms with Crippen LogP contribution in [0.2, 0.25) is 0 Å². The van der Waals surface area contributed by atoms with Crippen molar-refractivity contribution in [2.45, 2.75) is 25.8 Å². The summed E-state index contributed by atoms with van der Waals surface area (Å²) >= 11 is 0. The molecule has 2 aliphatic heterocycles. The van der Waals surface area contributed by atoms with Gasteiger partial charge in [0.15, 0.2) is 11.5 Å². The fourth-order valence-corrected chi connectivity index (χ4v) is 3.94. The molecule has 0 bridgehead atoms. The summed E-state index contributed by atoms with van der Waals surface area (Å²) in [6, 6.07) is 10.1. The smallest absolute Gasteiger partial charge is 0.261 e. The number of carbonyl (C=O) groups is 1. The van der Waals surface area contributed by atoms with Crippen LogP contribution in [0.25, 0.3) is 0 Å². The topological polar surface area (TPSA) is 42.0 Å². The normalized spacial score (nSPS) is 16.9. The van der Waals surface area contributed by atoms with Crippen LogP contribution in [0.1, 0.15) is 35.2 Å². The Morgan fingerprint density at radius 1 is 1.07 bits per heavy atom. The number of halogens is 1. The number of hydrogen-bond donors (Lipinski definition) is 0. The Morgan fingerprint density at radius 2 is 1.89 bits per heavy atom. The van der Waals surface area contributed by atoms with E-state index in [2.05, 4.69) is 4.90 Å². The molecular formula is C22H25FN2O3. The van der Waals surface area contributed by atoms with E-state index >= 15 is 0 Å². The fourth-order valence-electron chi connectivity index (χ4n) is 3.94. The van der Waals surface area contributed by atoms with E-state index in [0.29, 0.717) is 35.9 Å². The lowest BCUT2D eigenvalue weighted by Crippen LogP contribution is -2.33. The Hall–Kier alpha value is -2.60. The summed E-state index contributed by atoms with van der Waals surface area (Å²) in [4.78, 5) is 16.7. The Balaban J connectivity index is 1.49. The predicted octanol–water partition coefficient (Wildman–Crippen LogP) is 3.86. The zero-order valence-corrected chi connectivity index (χ0v) is 16.1. The lowest BCUT2D eigenvalue weighted by atomic mass is 10.1. The van der Waals surface area contributed by atoms with Gasteiger partial charge in [-0.3, -0.25) is 9.69 Å². The minimum atomic E-state index is -0.475. The van der Waals surface area contributed by atoms with Gasteiger partial charge in [-0.2, -0.15) is 0 Å². The molecule has 2 aliphatic rings. The van der Waals surface area contributed by atoms with Crippen LogP contribution in [-0.4, -0.2) is 44.2 Å². The lowest BCUT2D eigenvalue weighted by molar-refractivity contribution is 0.0993. The quantitative estimate of drug-likeness (QED) is 0.759. The van der Waals surface area contributed by atoms with E-state index in [1.165, 1.54) is 25.3 Å². The van der Waals surface area contributed by atoms with E-state index in [1.54, 1.807) is 42.3 Å². The second-order valence-corrected chi connectivity index (χ2v) is 7.25. The van der Waals surface area contributed by atoms with Crippen molar-refractivity contribution in [3.05, 3.63) is 53.3 Å². The molecule has 2 heterocycles. The van der Waals surface area contributed by atoms with Crippen LogP contribution in [0.15, 0.2) is 36.4 Å². The van der Waals surface area contributed by atoms with Gasteiger partial charge in [0.25, 0.3) is 5.91 Å². The molecule has 2 aromatic carbocycles. The molecular weight excluding hydrogens is 359 g/mol. The SMILES string of the molecule is COc1ccc(N2Cc3cccc(F)c3C2=O)cc1OCCN1CCCCC1. The van der Waals surface area contributed by atoms with Crippen LogP contribution in [0.5, 0.6) is 11.5 Å². The first-order valence-electron chi connectivity index (χ1n) is 9.80. The van der Waals surface area contributed by atoms with Crippen LogP contribution in [0, 0.1) is 5.82 Å². The summed E-state index contributed by atoms with van der Waals surface area (Å²) in [7, 11) is 1.60. The number of nitrogens with zero attached hydrogens (tertiary/aromatic N) is 2. The van der Waals surface area contributed by atoms with Gasteiger partial charge in [0.2, 0.25) is 0 Å². The molecule has 1 amide bonds. The van der Waals surface area contributed by atoms with E-state index < -0.39 is 5.82 Å². The number of rotatable bonds is 6. The summed E-state index contributed by atoms with van der Waals surface area (Å²) < 4.78 is 25.5. The second kappa shape index (κ2) is 8.19. The van der Waals surface area contributed by atoms with Gasteiger partial charge < -0.3 is 14.4 Å². The molecule has 0 spiro atoms. The Kier molecular flexibility index (Phi) is 5.48. The van der Waals surface area contributed by atoms with Crippen molar-refractivity contribution in [3.8, 4) is 11.5 Å². The highest BCUT2D eigenvalue weighted by atomic mass is 19.1. The summed E-state index contributed by atoms with van der Waals surface area (Å²) in [6.45, 7) is 4.01. The second-order valence-electron chi connectivity index (χ2n) is 7.25. The standard InChI is InChI=1S/C22H25FN2O3/c1-27-19-9-8-17(14-20(19)28-13-12-24-10-3-2-4-11-24)25-15-16-6-5-7-18(23)21(16)22(25)26/h5-9,14H,2-4,10-13,15H2,1H3. The third-order valence-electron chi connectivity index (χ3n) is 5.46. The zero-order chi connectivity index (χ0) is 19.5. The lowest BCUT2D eigenvalue weighted by Gasteiger charge is -2.26. The third-order valence-corrected chi connectivity index (χ3v) is 5.46. The maximum absolute atomic E-state index is 14.1. The van der Waals surface area contributed by atoms with Crippen molar-refractivity contribution < 1.29 is 18.7 Å². The van der Waals surface area contributed by atoms with Crippen LogP contribution in [-0.2, 0) is 6.54 Å². The number of fused-ring (bicyclic) bond motifs is 1. The molecule has 0 aliphatic carbocycles.